The van der Waals surface area contributed by atoms with E-state index in [1.54, 1.807) is 12.1 Å². The molecule has 0 bridgehead atoms. The highest BCUT2D eigenvalue weighted by Crippen LogP contribution is 2.41. The second-order valence-corrected chi connectivity index (χ2v) is 7.62. The van der Waals surface area contributed by atoms with Crippen molar-refractivity contribution in [3.05, 3.63) is 71.7 Å². The summed E-state index contributed by atoms with van der Waals surface area (Å²) in [6.07, 6.45) is 2.03. The molecular weight excluding hydrogens is 335 g/mol. The molecule has 0 N–H and O–H groups in total. The molecule has 0 saturated heterocycles. The molecule has 0 amide bonds. The normalized spacial score (nSPS) is 12.4. The van der Waals surface area contributed by atoms with E-state index in [2.05, 4.69) is 60.2 Å². The Morgan fingerprint density at radius 1 is 0.852 bits per heavy atom. The van der Waals surface area contributed by atoms with Gasteiger partial charge in [0.25, 0.3) is 0 Å². The Morgan fingerprint density at radius 2 is 1.67 bits per heavy atom. The van der Waals surface area contributed by atoms with E-state index in [0.717, 1.165) is 21.8 Å². The number of nitrogens with zero attached hydrogens (tertiary/aromatic N) is 2. The van der Waals surface area contributed by atoms with Crippen LogP contribution in [0.15, 0.2) is 54.7 Å². The van der Waals surface area contributed by atoms with Gasteiger partial charge in [0.2, 0.25) is 5.52 Å². The van der Waals surface area contributed by atoms with Gasteiger partial charge in [-0.2, -0.15) is 0 Å². The molecule has 6 aromatic rings. The van der Waals surface area contributed by atoms with Crippen molar-refractivity contribution in [1.29, 1.82) is 0 Å². The first-order valence-corrected chi connectivity index (χ1v) is 9.22. The number of halogens is 1. The molecule has 3 heteroatoms. The van der Waals surface area contributed by atoms with Gasteiger partial charge < -0.3 is 4.40 Å². The maximum atomic E-state index is 14.5. The molecule has 0 unspecified atom stereocenters. The van der Waals surface area contributed by atoms with E-state index in [-0.39, 0.29) is 5.82 Å². The molecular formula is C24H18FN2+. The fraction of sp³-hybridized carbons (Fsp3) is 0.125. The summed E-state index contributed by atoms with van der Waals surface area (Å²) in [6, 6.07) is 16.1. The minimum atomic E-state index is -0.198. The molecule has 27 heavy (non-hydrogen) atoms. The van der Waals surface area contributed by atoms with Gasteiger partial charge in [-0.15, -0.1) is 0 Å². The first-order chi connectivity index (χ1) is 13.1. The Morgan fingerprint density at radius 3 is 2.52 bits per heavy atom. The molecule has 0 aliphatic heterocycles. The summed E-state index contributed by atoms with van der Waals surface area (Å²) >= 11 is 0. The highest BCUT2D eigenvalue weighted by Gasteiger charge is 2.24. The molecule has 3 aromatic heterocycles. The van der Waals surface area contributed by atoms with E-state index in [0.29, 0.717) is 0 Å². The van der Waals surface area contributed by atoms with E-state index < -0.39 is 0 Å². The largest absolute Gasteiger partial charge is 0.307 e. The van der Waals surface area contributed by atoms with E-state index in [4.69, 9.17) is 0 Å². The average Bonchev–Trinajstić information content (AvgIpc) is 2.98. The van der Waals surface area contributed by atoms with Crippen LogP contribution in [0.2, 0.25) is 0 Å². The minimum Gasteiger partial charge on any atom is -0.307 e. The highest BCUT2D eigenvalue weighted by atomic mass is 19.1. The van der Waals surface area contributed by atoms with Crippen LogP contribution in [0.25, 0.3) is 49.0 Å². The fourth-order valence-electron chi connectivity index (χ4n) is 4.91. The van der Waals surface area contributed by atoms with Gasteiger partial charge in [0.05, 0.1) is 27.3 Å². The number of pyridine rings is 2. The van der Waals surface area contributed by atoms with Crippen molar-refractivity contribution < 1.29 is 8.96 Å². The van der Waals surface area contributed by atoms with Crippen molar-refractivity contribution in [2.24, 2.45) is 7.05 Å². The molecule has 0 atom stereocenters. The number of hydrogen-bond acceptors (Lipinski definition) is 0. The number of fused-ring (bicyclic) bond motifs is 5. The Balaban J connectivity index is 2.17. The van der Waals surface area contributed by atoms with Gasteiger partial charge in [0.1, 0.15) is 12.9 Å². The second kappa shape index (κ2) is 4.74. The van der Waals surface area contributed by atoms with Gasteiger partial charge in [0.15, 0.2) is 6.20 Å². The summed E-state index contributed by atoms with van der Waals surface area (Å²) in [7, 11) is 2.07. The molecule has 2 nitrogen and oxygen atoms in total. The van der Waals surface area contributed by atoms with Crippen LogP contribution in [0.4, 0.5) is 4.39 Å². The lowest BCUT2D eigenvalue weighted by atomic mass is 9.99. The summed E-state index contributed by atoms with van der Waals surface area (Å²) in [6.45, 7) is 4.31. The van der Waals surface area contributed by atoms with Crippen molar-refractivity contribution in [1.82, 2.24) is 4.40 Å². The summed E-state index contributed by atoms with van der Waals surface area (Å²) in [5.74, 6) is -0.198. The zero-order valence-corrected chi connectivity index (χ0v) is 15.5. The number of benzene rings is 3. The van der Waals surface area contributed by atoms with Crippen LogP contribution in [0.1, 0.15) is 11.1 Å². The van der Waals surface area contributed by atoms with Crippen molar-refractivity contribution >= 4 is 49.0 Å². The van der Waals surface area contributed by atoms with Gasteiger partial charge in [0, 0.05) is 16.8 Å². The van der Waals surface area contributed by atoms with Crippen LogP contribution < -0.4 is 4.57 Å². The smallest absolute Gasteiger partial charge is 0.224 e. The van der Waals surface area contributed by atoms with Gasteiger partial charge in [-0.25, -0.2) is 8.96 Å². The highest BCUT2D eigenvalue weighted by molar-refractivity contribution is 6.26. The quantitative estimate of drug-likeness (QED) is 0.192. The topological polar surface area (TPSA) is 8.29 Å². The maximum Gasteiger partial charge on any atom is 0.224 e. The predicted octanol–water partition coefficient (Wildman–Crippen LogP) is 5.57. The number of rotatable bonds is 0. The molecule has 6 rings (SSSR count). The van der Waals surface area contributed by atoms with Crippen molar-refractivity contribution in [2.45, 2.75) is 13.8 Å². The first kappa shape index (κ1) is 14.9. The number of hydrogen-bond donors (Lipinski definition) is 0. The van der Waals surface area contributed by atoms with Crippen LogP contribution >= 0.6 is 0 Å². The number of aryl methyl sites for hydroxylation is 3. The molecule has 0 fully saturated rings. The average molecular weight is 353 g/mol. The van der Waals surface area contributed by atoms with Crippen LogP contribution in [0.5, 0.6) is 0 Å². The molecule has 0 saturated carbocycles. The summed E-state index contributed by atoms with van der Waals surface area (Å²) in [5.41, 5.74) is 6.90. The lowest BCUT2D eigenvalue weighted by Crippen LogP contribution is -2.28. The van der Waals surface area contributed by atoms with E-state index in [1.165, 1.54) is 38.3 Å². The lowest BCUT2D eigenvalue weighted by Gasteiger charge is -2.12. The van der Waals surface area contributed by atoms with Gasteiger partial charge in [-0.1, -0.05) is 24.3 Å². The Kier molecular flexibility index (Phi) is 2.62. The monoisotopic (exact) mass is 353 g/mol. The zero-order valence-electron chi connectivity index (χ0n) is 15.5. The van der Waals surface area contributed by atoms with Crippen molar-refractivity contribution in [3.63, 3.8) is 0 Å². The minimum absolute atomic E-state index is 0.198. The SMILES string of the molecule is Cc1cccc2c1c1ccc(C)c3c1n2c1cc(F)cc2cc[n+](C)c3c21. The Labute approximate surface area is 155 Å². The predicted molar refractivity (Wildman–Crippen MR) is 109 cm³/mol. The molecule has 0 aliphatic carbocycles. The van der Waals surface area contributed by atoms with Crippen molar-refractivity contribution in [3.8, 4) is 0 Å². The van der Waals surface area contributed by atoms with Crippen LogP contribution in [0, 0.1) is 19.7 Å². The second-order valence-electron chi connectivity index (χ2n) is 7.62. The van der Waals surface area contributed by atoms with Crippen LogP contribution in [-0.2, 0) is 7.05 Å². The standard InChI is InChI=1S/C24H18FN2/c1-13-5-4-6-18-20(13)17-8-7-14(2)21-23(17)27(18)19-12-16(25)11-15-9-10-26(3)24(21)22(15)19/h4-12H,1-3H3/q+1. The number of aromatic nitrogens is 2. The van der Waals surface area contributed by atoms with Crippen molar-refractivity contribution in [2.75, 3.05) is 0 Å². The summed E-state index contributed by atoms with van der Waals surface area (Å²) < 4.78 is 19.0. The molecule has 0 radical (unpaired) electrons. The van der Waals surface area contributed by atoms with Crippen LogP contribution in [0.3, 0.4) is 0 Å². The maximum absolute atomic E-state index is 14.5. The Hall–Kier alpha value is -3.20. The molecule has 0 spiro atoms. The third kappa shape index (κ3) is 1.67. The van der Waals surface area contributed by atoms with E-state index in [9.17, 15) is 4.39 Å². The summed E-state index contributed by atoms with van der Waals surface area (Å²) in [4.78, 5) is 0. The molecule has 0 aliphatic rings. The van der Waals surface area contributed by atoms with Crippen LogP contribution in [-0.4, -0.2) is 4.40 Å². The third-order valence-corrected chi connectivity index (χ3v) is 6.03. The fourth-order valence-corrected chi connectivity index (χ4v) is 4.91. The zero-order chi connectivity index (χ0) is 18.4. The first-order valence-electron chi connectivity index (χ1n) is 9.22. The molecule has 3 aromatic carbocycles. The van der Waals surface area contributed by atoms with Gasteiger partial charge in [-0.3, -0.25) is 0 Å². The lowest BCUT2D eigenvalue weighted by molar-refractivity contribution is -0.643. The van der Waals surface area contributed by atoms with E-state index >= 15 is 0 Å². The Bertz CT molecular complexity index is 1560. The van der Waals surface area contributed by atoms with Gasteiger partial charge in [-0.05, 0) is 48.6 Å². The third-order valence-electron chi connectivity index (χ3n) is 6.03. The molecule has 3 heterocycles. The summed E-state index contributed by atoms with van der Waals surface area (Å²) in [5, 5.41) is 5.78. The van der Waals surface area contributed by atoms with Gasteiger partial charge >= 0.3 is 0 Å². The molecule has 130 valence electrons. The van der Waals surface area contributed by atoms with E-state index in [1.807, 2.05) is 12.3 Å².